The lowest BCUT2D eigenvalue weighted by atomic mass is 10.0. The average Bonchev–Trinajstić information content (AvgIpc) is 2.60. The van der Waals surface area contributed by atoms with Crippen molar-refractivity contribution in [3.8, 4) is 11.5 Å². The first-order valence-corrected chi connectivity index (χ1v) is 8.79. The maximum Gasteiger partial charge on any atom is 0.301 e. The molecule has 2 aromatic rings. The largest absolute Gasteiger partial charge is 0.493 e. The van der Waals surface area contributed by atoms with E-state index >= 15 is 0 Å². The van der Waals surface area contributed by atoms with E-state index in [0.717, 1.165) is 4.31 Å². The fraction of sp³-hybridized carbons (Fsp3) is 0.235. The second-order valence-corrected chi connectivity index (χ2v) is 7.25. The van der Waals surface area contributed by atoms with Crippen LogP contribution >= 0.6 is 0 Å². The molecule has 0 radical (unpaired) electrons. The molecule has 25 heavy (non-hydrogen) atoms. The molecule has 0 heterocycles. The highest BCUT2D eigenvalue weighted by molar-refractivity contribution is 7.90. The Labute approximate surface area is 147 Å². The third-order valence-electron chi connectivity index (χ3n) is 3.50. The first kappa shape index (κ1) is 18.8. The number of methoxy groups -OCH3 is 2. The number of nitrogens with zero attached hydrogens (tertiary/aromatic N) is 1. The van der Waals surface area contributed by atoms with Crippen molar-refractivity contribution in [1.82, 2.24) is 4.31 Å². The van der Waals surface area contributed by atoms with E-state index < -0.39 is 10.2 Å². The summed E-state index contributed by atoms with van der Waals surface area (Å²) in [6.45, 7) is 0. The number of rotatable bonds is 7. The Balaban J connectivity index is 2.33. The Morgan fingerprint density at radius 3 is 2.20 bits per heavy atom. The van der Waals surface area contributed by atoms with Gasteiger partial charge in [0.25, 0.3) is 0 Å². The number of hydrogen-bond acceptors (Lipinski definition) is 5. The lowest BCUT2D eigenvalue weighted by Gasteiger charge is -2.14. The van der Waals surface area contributed by atoms with Crippen molar-refractivity contribution in [3.05, 3.63) is 53.6 Å². The van der Waals surface area contributed by atoms with E-state index in [4.69, 9.17) is 9.47 Å². The van der Waals surface area contributed by atoms with Gasteiger partial charge in [0.1, 0.15) is 0 Å². The molecule has 0 aliphatic heterocycles. The van der Waals surface area contributed by atoms with Gasteiger partial charge in [-0.1, -0.05) is 12.1 Å². The van der Waals surface area contributed by atoms with Gasteiger partial charge in [0.05, 0.1) is 19.9 Å². The molecule has 0 saturated heterocycles. The molecule has 134 valence electrons. The zero-order chi connectivity index (χ0) is 18.6. The summed E-state index contributed by atoms with van der Waals surface area (Å²) in [4.78, 5) is 12.7. The molecule has 0 aromatic heterocycles. The molecule has 8 heteroatoms. The Hall–Kier alpha value is -2.58. The molecule has 7 nitrogen and oxygen atoms in total. The number of carbonyl (C=O) groups excluding carboxylic acids is 1. The minimum absolute atomic E-state index is 0.258. The molecular formula is C17H20N2O5S. The van der Waals surface area contributed by atoms with Crippen LogP contribution in [0.15, 0.2) is 42.5 Å². The monoisotopic (exact) mass is 364 g/mol. The van der Waals surface area contributed by atoms with Crippen molar-refractivity contribution in [3.63, 3.8) is 0 Å². The zero-order valence-corrected chi connectivity index (χ0v) is 15.3. The van der Waals surface area contributed by atoms with E-state index in [-0.39, 0.29) is 5.78 Å². The molecular weight excluding hydrogens is 344 g/mol. The summed E-state index contributed by atoms with van der Waals surface area (Å²) in [6, 6.07) is 11.1. The van der Waals surface area contributed by atoms with Crippen LogP contribution in [0.3, 0.4) is 0 Å². The van der Waals surface area contributed by atoms with E-state index in [9.17, 15) is 13.2 Å². The normalized spacial score (nSPS) is 11.2. The standard InChI is InChI=1S/C17H20N2O5S/c1-19(2)25(21,22)18-14-7-5-6-12(10-14)17(20)13-8-9-15(23-3)16(11-13)24-4/h5-11,18H,1-4H3. The van der Waals surface area contributed by atoms with Gasteiger partial charge in [-0.05, 0) is 30.3 Å². The minimum Gasteiger partial charge on any atom is -0.493 e. The van der Waals surface area contributed by atoms with E-state index in [1.165, 1.54) is 34.4 Å². The van der Waals surface area contributed by atoms with Gasteiger partial charge in [0.15, 0.2) is 17.3 Å². The third kappa shape index (κ3) is 4.28. The van der Waals surface area contributed by atoms with Crippen molar-refractivity contribution in [2.45, 2.75) is 0 Å². The molecule has 0 fully saturated rings. The van der Waals surface area contributed by atoms with E-state index in [2.05, 4.69) is 4.72 Å². The highest BCUT2D eigenvalue weighted by atomic mass is 32.2. The Morgan fingerprint density at radius 2 is 1.60 bits per heavy atom. The van der Waals surface area contributed by atoms with Crippen LogP contribution in [0.2, 0.25) is 0 Å². The van der Waals surface area contributed by atoms with Gasteiger partial charge in [-0.25, -0.2) is 0 Å². The molecule has 0 amide bonds. The third-order valence-corrected chi connectivity index (χ3v) is 4.95. The van der Waals surface area contributed by atoms with Crippen LogP contribution in [0.25, 0.3) is 0 Å². The van der Waals surface area contributed by atoms with Gasteiger partial charge in [0.2, 0.25) is 0 Å². The molecule has 0 atom stereocenters. The number of nitrogens with one attached hydrogen (secondary N) is 1. The van der Waals surface area contributed by atoms with Crippen molar-refractivity contribution in [2.24, 2.45) is 0 Å². The topological polar surface area (TPSA) is 84.9 Å². The minimum atomic E-state index is -3.64. The molecule has 2 rings (SSSR count). The van der Waals surface area contributed by atoms with Crippen molar-refractivity contribution >= 4 is 21.7 Å². The van der Waals surface area contributed by atoms with Gasteiger partial charge in [-0.3, -0.25) is 9.52 Å². The van der Waals surface area contributed by atoms with Crippen LogP contribution in [0.1, 0.15) is 15.9 Å². The molecule has 0 aliphatic carbocycles. The smallest absolute Gasteiger partial charge is 0.301 e. The molecule has 1 N–H and O–H groups in total. The highest BCUT2D eigenvalue weighted by Crippen LogP contribution is 2.28. The van der Waals surface area contributed by atoms with Gasteiger partial charge >= 0.3 is 10.2 Å². The molecule has 2 aromatic carbocycles. The second-order valence-electron chi connectivity index (χ2n) is 5.37. The van der Waals surface area contributed by atoms with Crippen molar-refractivity contribution in [2.75, 3.05) is 33.0 Å². The predicted molar refractivity (Wildman–Crippen MR) is 95.7 cm³/mol. The molecule has 0 spiro atoms. The summed E-state index contributed by atoms with van der Waals surface area (Å²) >= 11 is 0. The maximum atomic E-state index is 12.7. The summed E-state index contributed by atoms with van der Waals surface area (Å²) in [7, 11) is 2.20. The van der Waals surface area contributed by atoms with Crippen LogP contribution < -0.4 is 14.2 Å². The van der Waals surface area contributed by atoms with Crippen molar-refractivity contribution < 1.29 is 22.7 Å². The number of benzene rings is 2. The second kappa shape index (κ2) is 7.54. The lowest BCUT2D eigenvalue weighted by molar-refractivity contribution is 0.103. The van der Waals surface area contributed by atoms with Crippen LogP contribution in [0.5, 0.6) is 11.5 Å². The summed E-state index contributed by atoms with van der Waals surface area (Å²) in [5, 5.41) is 0. The number of carbonyl (C=O) groups is 1. The molecule has 0 saturated carbocycles. The van der Waals surface area contributed by atoms with E-state index in [1.54, 1.807) is 36.4 Å². The van der Waals surface area contributed by atoms with E-state index in [1.807, 2.05) is 0 Å². The van der Waals surface area contributed by atoms with Crippen LogP contribution in [-0.4, -0.2) is 46.8 Å². The summed E-state index contributed by atoms with van der Waals surface area (Å²) < 4.78 is 37.6. The average molecular weight is 364 g/mol. The molecule has 0 aliphatic rings. The van der Waals surface area contributed by atoms with Crippen LogP contribution in [0, 0.1) is 0 Å². The number of anilines is 1. The summed E-state index contributed by atoms with van der Waals surface area (Å²) in [6.07, 6.45) is 0. The molecule has 0 bridgehead atoms. The van der Waals surface area contributed by atoms with Gasteiger partial charge in [-0.15, -0.1) is 0 Å². The van der Waals surface area contributed by atoms with Gasteiger partial charge in [-0.2, -0.15) is 12.7 Å². The fourth-order valence-electron chi connectivity index (χ4n) is 2.11. The predicted octanol–water partition coefficient (Wildman–Crippen LogP) is 2.15. The number of ether oxygens (including phenoxy) is 2. The Bertz CT molecular complexity index is 878. The van der Waals surface area contributed by atoms with E-state index in [0.29, 0.717) is 28.3 Å². The number of ketones is 1. The first-order valence-electron chi connectivity index (χ1n) is 7.35. The fourth-order valence-corrected chi connectivity index (χ4v) is 2.72. The van der Waals surface area contributed by atoms with Crippen molar-refractivity contribution in [1.29, 1.82) is 0 Å². The van der Waals surface area contributed by atoms with Gasteiger partial charge in [0, 0.05) is 25.2 Å². The summed E-state index contributed by atoms with van der Waals surface area (Å²) in [5.41, 5.74) is 1.07. The van der Waals surface area contributed by atoms with Crippen LogP contribution in [0.4, 0.5) is 5.69 Å². The Kier molecular flexibility index (Phi) is 5.66. The quantitative estimate of drug-likeness (QED) is 0.761. The van der Waals surface area contributed by atoms with Gasteiger partial charge < -0.3 is 9.47 Å². The molecule has 0 unspecified atom stereocenters. The maximum absolute atomic E-state index is 12.7. The Morgan fingerprint density at radius 1 is 0.960 bits per heavy atom. The zero-order valence-electron chi connectivity index (χ0n) is 14.4. The van der Waals surface area contributed by atoms with Crippen LogP contribution in [-0.2, 0) is 10.2 Å². The first-order chi connectivity index (χ1) is 11.8. The lowest BCUT2D eigenvalue weighted by Crippen LogP contribution is -2.28. The highest BCUT2D eigenvalue weighted by Gasteiger charge is 2.16. The summed E-state index contributed by atoms with van der Waals surface area (Å²) in [5.74, 6) is 0.705. The number of hydrogen-bond donors (Lipinski definition) is 1. The SMILES string of the molecule is COc1ccc(C(=O)c2cccc(NS(=O)(=O)N(C)C)c2)cc1OC.